The molecule has 4 nitrogen and oxygen atoms in total. The van der Waals surface area contributed by atoms with Crippen molar-refractivity contribution in [1.82, 2.24) is 10.2 Å². The molecule has 1 atom stereocenters. The Balaban J connectivity index is 1.87. The van der Waals surface area contributed by atoms with E-state index in [2.05, 4.69) is 36.5 Å². The summed E-state index contributed by atoms with van der Waals surface area (Å²) in [4.78, 5) is 28.2. The minimum absolute atomic E-state index is 0.0878. The van der Waals surface area contributed by atoms with Gasteiger partial charge in [0.2, 0.25) is 11.8 Å². The molecule has 0 aromatic heterocycles. The SMILES string of the molecule is CCc1ccc(CCC(=O)N(Cc2ccc(Cl)c(Cl)c2)[C@@H](Cc2ccccc2)C(=O)NC)cc1. The molecule has 0 saturated heterocycles. The number of nitrogens with zero attached hydrogens (tertiary/aromatic N) is 1. The molecule has 0 bridgehead atoms. The average molecular weight is 497 g/mol. The monoisotopic (exact) mass is 496 g/mol. The number of halogens is 2. The van der Waals surface area contributed by atoms with Gasteiger partial charge in [-0.25, -0.2) is 0 Å². The topological polar surface area (TPSA) is 49.4 Å². The molecule has 0 radical (unpaired) electrons. The molecule has 0 saturated carbocycles. The van der Waals surface area contributed by atoms with Gasteiger partial charge in [-0.2, -0.15) is 0 Å². The van der Waals surface area contributed by atoms with Crippen molar-refractivity contribution in [1.29, 1.82) is 0 Å². The number of amides is 2. The highest BCUT2D eigenvalue weighted by molar-refractivity contribution is 6.42. The summed E-state index contributed by atoms with van der Waals surface area (Å²) in [6.45, 7) is 2.38. The lowest BCUT2D eigenvalue weighted by molar-refractivity contribution is -0.141. The fourth-order valence-corrected chi connectivity index (χ4v) is 4.21. The van der Waals surface area contributed by atoms with Crippen LogP contribution in [0.5, 0.6) is 0 Å². The third kappa shape index (κ3) is 7.09. The lowest BCUT2D eigenvalue weighted by Crippen LogP contribution is -2.49. The smallest absolute Gasteiger partial charge is 0.242 e. The molecule has 3 aromatic carbocycles. The van der Waals surface area contributed by atoms with Crippen LogP contribution in [0.2, 0.25) is 10.0 Å². The van der Waals surface area contributed by atoms with Crippen molar-refractivity contribution in [3.63, 3.8) is 0 Å². The normalized spacial score (nSPS) is 11.6. The highest BCUT2D eigenvalue weighted by Gasteiger charge is 2.29. The molecule has 3 aromatic rings. The largest absolute Gasteiger partial charge is 0.357 e. The molecular formula is C28H30Cl2N2O2. The Bertz CT molecular complexity index is 1100. The number of carbonyl (C=O) groups is 2. The minimum Gasteiger partial charge on any atom is -0.357 e. The number of nitrogens with one attached hydrogen (secondary N) is 1. The maximum absolute atomic E-state index is 13.5. The summed E-state index contributed by atoms with van der Waals surface area (Å²) in [7, 11) is 1.59. The lowest BCUT2D eigenvalue weighted by Gasteiger charge is -2.31. The number of aryl methyl sites for hydroxylation is 2. The maximum atomic E-state index is 13.5. The van der Waals surface area contributed by atoms with Gasteiger partial charge in [0.15, 0.2) is 0 Å². The van der Waals surface area contributed by atoms with E-state index in [-0.39, 0.29) is 18.4 Å². The van der Waals surface area contributed by atoms with Gasteiger partial charge in [-0.3, -0.25) is 9.59 Å². The van der Waals surface area contributed by atoms with Gasteiger partial charge in [-0.05, 0) is 47.2 Å². The number of rotatable bonds is 10. The zero-order chi connectivity index (χ0) is 24.5. The van der Waals surface area contributed by atoms with Gasteiger partial charge in [-0.15, -0.1) is 0 Å². The fraction of sp³-hybridized carbons (Fsp3) is 0.286. The molecule has 178 valence electrons. The first-order valence-electron chi connectivity index (χ1n) is 11.5. The highest BCUT2D eigenvalue weighted by atomic mass is 35.5. The zero-order valence-corrected chi connectivity index (χ0v) is 21.1. The van der Waals surface area contributed by atoms with Crippen molar-refractivity contribution < 1.29 is 9.59 Å². The molecular weight excluding hydrogens is 467 g/mol. The molecule has 3 rings (SSSR count). The van der Waals surface area contributed by atoms with Crippen LogP contribution >= 0.6 is 23.2 Å². The molecule has 0 unspecified atom stereocenters. The quantitative estimate of drug-likeness (QED) is 0.381. The van der Waals surface area contributed by atoms with Gasteiger partial charge in [0.1, 0.15) is 6.04 Å². The number of hydrogen-bond acceptors (Lipinski definition) is 2. The Morgan fingerprint density at radius 2 is 1.50 bits per heavy atom. The predicted molar refractivity (Wildman–Crippen MR) is 139 cm³/mol. The molecule has 0 spiro atoms. The van der Waals surface area contributed by atoms with Crippen LogP contribution in [-0.4, -0.2) is 29.8 Å². The minimum atomic E-state index is -0.656. The Labute approximate surface area is 211 Å². The lowest BCUT2D eigenvalue weighted by atomic mass is 10.0. The fourth-order valence-electron chi connectivity index (χ4n) is 3.89. The van der Waals surface area contributed by atoms with Crippen LogP contribution in [0.4, 0.5) is 0 Å². The standard InChI is InChI=1S/C28H30Cl2N2O2/c1-3-20-9-11-21(12-10-20)14-16-27(33)32(19-23-13-15-24(29)25(30)17-23)26(28(34)31-2)18-22-7-5-4-6-8-22/h4-13,15,17,26H,3,14,16,18-19H2,1-2H3,(H,31,34)/t26-/m0/s1. The second kappa shape index (κ2) is 12.6. The number of likely N-dealkylation sites (N-methyl/N-ethyl adjacent to an activating group) is 1. The molecule has 0 aliphatic heterocycles. The molecule has 1 N–H and O–H groups in total. The van der Waals surface area contributed by atoms with E-state index in [1.165, 1.54) is 5.56 Å². The van der Waals surface area contributed by atoms with Gasteiger partial charge in [0.05, 0.1) is 10.0 Å². The molecule has 0 heterocycles. The zero-order valence-electron chi connectivity index (χ0n) is 19.6. The van der Waals surface area contributed by atoms with Gasteiger partial charge in [0.25, 0.3) is 0 Å². The van der Waals surface area contributed by atoms with E-state index in [9.17, 15) is 9.59 Å². The van der Waals surface area contributed by atoms with E-state index >= 15 is 0 Å². The molecule has 0 aliphatic carbocycles. The van der Waals surface area contributed by atoms with Crippen LogP contribution in [-0.2, 0) is 35.4 Å². The third-order valence-corrected chi connectivity index (χ3v) is 6.65. The van der Waals surface area contributed by atoms with E-state index in [0.29, 0.717) is 29.3 Å². The summed E-state index contributed by atoms with van der Waals surface area (Å²) in [6.07, 6.45) is 2.30. The summed E-state index contributed by atoms with van der Waals surface area (Å²) in [5.41, 5.74) is 4.16. The first-order valence-corrected chi connectivity index (χ1v) is 12.2. The van der Waals surface area contributed by atoms with Crippen molar-refractivity contribution in [3.05, 3.63) is 105 Å². The van der Waals surface area contributed by atoms with Gasteiger partial charge in [0, 0.05) is 26.4 Å². The van der Waals surface area contributed by atoms with Crippen LogP contribution in [0, 0.1) is 0 Å². The molecule has 34 heavy (non-hydrogen) atoms. The van der Waals surface area contributed by atoms with Crippen molar-refractivity contribution in [2.45, 2.75) is 45.2 Å². The summed E-state index contributed by atoms with van der Waals surface area (Å²) >= 11 is 12.3. The van der Waals surface area contributed by atoms with E-state index in [1.807, 2.05) is 36.4 Å². The Kier molecular flexibility index (Phi) is 9.55. The summed E-state index contributed by atoms with van der Waals surface area (Å²) in [5.74, 6) is -0.292. The molecule has 0 fully saturated rings. The first-order chi connectivity index (χ1) is 16.4. The third-order valence-electron chi connectivity index (χ3n) is 5.91. The summed E-state index contributed by atoms with van der Waals surface area (Å²) in [5, 5.41) is 3.60. The Hall–Kier alpha value is -2.82. The van der Waals surface area contributed by atoms with Gasteiger partial charge in [-0.1, -0.05) is 90.8 Å². The molecule has 2 amide bonds. The summed E-state index contributed by atoms with van der Waals surface area (Å²) in [6, 6.07) is 22.7. The number of benzene rings is 3. The van der Waals surface area contributed by atoms with Gasteiger partial charge >= 0.3 is 0 Å². The van der Waals surface area contributed by atoms with Crippen LogP contribution in [0.3, 0.4) is 0 Å². The van der Waals surface area contributed by atoms with E-state index in [1.54, 1.807) is 24.1 Å². The molecule has 6 heteroatoms. The van der Waals surface area contributed by atoms with Crippen LogP contribution < -0.4 is 5.32 Å². The summed E-state index contributed by atoms with van der Waals surface area (Å²) < 4.78 is 0. The van der Waals surface area contributed by atoms with E-state index < -0.39 is 6.04 Å². The molecule has 0 aliphatic rings. The van der Waals surface area contributed by atoms with Crippen LogP contribution in [0.15, 0.2) is 72.8 Å². The van der Waals surface area contributed by atoms with Crippen molar-refractivity contribution in [3.8, 4) is 0 Å². The van der Waals surface area contributed by atoms with Gasteiger partial charge < -0.3 is 10.2 Å². The van der Waals surface area contributed by atoms with Crippen LogP contribution in [0.1, 0.15) is 35.6 Å². The second-order valence-corrected chi connectivity index (χ2v) is 9.07. The average Bonchev–Trinajstić information content (AvgIpc) is 2.87. The van der Waals surface area contributed by atoms with Crippen LogP contribution in [0.25, 0.3) is 0 Å². The maximum Gasteiger partial charge on any atom is 0.242 e. The predicted octanol–water partition coefficient (Wildman–Crippen LogP) is 5.87. The number of carbonyl (C=O) groups excluding carboxylic acids is 2. The van der Waals surface area contributed by atoms with E-state index in [0.717, 1.165) is 23.1 Å². The van der Waals surface area contributed by atoms with Crippen molar-refractivity contribution in [2.24, 2.45) is 0 Å². The Morgan fingerprint density at radius 1 is 0.853 bits per heavy atom. The second-order valence-electron chi connectivity index (χ2n) is 8.26. The van der Waals surface area contributed by atoms with Crippen molar-refractivity contribution in [2.75, 3.05) is 7.05 Å². The van der Waals surface area contributed by atoms with E-state index in [4.69, 9.17) is 23.2 Å². The highest BCUT2D eigenvalue weighted by Crippen LogP contribution is 2.24. The number of hydrogen-bond donors (Lipinski definition) is 1. The first kappa shape index (κ1) is 25.8. The Morgan fingerprint density at radius 3 is 2.12 bits per heavy atom. The van der Waals surface area contributed by atoms with Crippen molar-refractivity contribution >= 4 is 35.0 Å².